The van der Waals surface area contributed by atoms with Gasteiger partial charge in [0.25, 0.3) is 5.91 Å². The Morgan fingerprint density at radius 2 is 1.95 bits per heavy atom. The van der Waals surface area contributed by atoms with Crippen molar-refractivity contribution in [3.63, 3.8) is 0 Å². The summed E-state index contributed by atoms with van der Waals surface area (Å²) in [4.78, 5) is 14.8. The van der Waals surface area contributed by atoms with E-state index in [4.69, 9.17) is 0 Å². The normalized spacial score (nSPS) is 10.9. The molecule has 0 aliphatic carbocycles. The van der Waals surface area contributed by atoms with Crippen LogP contribution in [0.3, 0.4) is 0 Å². The Labute approximate surface area is 131 Å². The van der Waals surface area contributed by atoms with Crippen LogP contribution in [0.15, 0.2) is 30.6 Å². The molecule has 0 bridgehead atoms. The van der Waals surface area contributed by atoms with Gasteiger partial charge < -0.3 is 4.90 Å². The molecule has 0 spiro atoms. The first-order valence-corrected chi connectivity index (χ1v) is 7.82. The molecule has 1 aromatic carbocycles. The van der Waals surface area contributed by atoms with E-state index in [2.05, 4.69) is 29.4 Å². The molecule has 2 aromatic rings. The van der Waals surface area contributed by atoms with E-state index < -0.39 is 0 Å². The van der Waals surface area contributed by atoms with Crippen LogP contribution in [-0.4, -0.2) is 44.1 Å². The molecule has 0 saturated carbocycles. The molecule has 6 nitrogen and oxygen atoms in total. The van der Waals surface area contributed by atoms with Crippen LogP contribution in [0.25, 0.3) is 5.69 Å². The van der Waals surface area contributed by atoms with Gasteiger partial charge in [-0.25, -0.2) is 0 Å². The van der Waals surface area contributed by atoms with E-state index in [1.54, 1.807) is 0 Å². The third-order valence-electron chi connectivity index (χ3n) is 4.03. The maximum Gasteiger partial charge on any atom is 0.256 e. The maximum atomic E-state index is 12.9. The number of carbonyl (C=O) groups is 1. The molecule has 1 aromatic heterocycles. The third kappa shape index (κ3) is 3.50. The molecule has 1 amide bonds. The van der Waals surface area contributed by atoms with Crippen molar-refractivity contribution in [1.29, 1.82) is 0 Å². The van der Waals surface area contributed by atoms with E-state index >= 15 is 0 Å². The molecular formula is C16H23N5O. The van der Waals surface area contributed by atoms with Crippen LogP contribution in [-0.2, 0) is 0 Å². The number of amides is 1. The van der Waals surface area contributed by atoms with E-state index in [1.165, 1.54) is 11.0 Å². The summed E-state index contributed by atoms with van der Waals surface area (Å²) < 4.78 is 1.53. The van der Waals surface area contributed by atoms with Gasteiger partial charge in [0.2, 0.25) is 0 Å². The lowest BCUT2D eigenvalue weighted by Crippen LogP contribution is -2.35. The fourth-order valence-electron chi connectivity index (χ4n) is 2.51. The van der Waals surface area contributed by atoms with Crippen molar-refractivity contribution in [3.8, 4) is 5.69 Å². The Morgan fingerprint density at radius 1 is 1.23 bits per heavy atom. The van der Waals surface area contributed by atoms with E-state index in [1.807, 2.05) is 36.1 Å². The second-order valence-corrected chi connectivity index (χ2v) is 5.30. The van der Waals surface area contributed by atoms with Gasteiger partial charge in [-0.2, -0.15) is 4.68 Å². The molecule has 1 heterocycles. The number of hydrogen-bond donors (Lipinski definition) is 0. The van der Waals surface area contributed by atoms with Gasteiger partial charge in [-0.15, -0.1) is 5.10 Å². The molecule has 0 fully saturated rings. The standard InChI is InChI=1S/C16H23N5O/c1-4-13(5-2)11-20(6-3)16(22)14-9-7-8-10-15(14)21-12-17-18-19-21/h7-10,12-13H,4-6,11H2,1-3H3. The van der Waals surface area contributed by atoms with Crippen LogP contribution in [0.5, 0.6) is 0 Å². The second-order valence-electron chi connectivity index (χ2n) is 5.30. The minimum absolute atomic E-state index is 0.0282. The van der Waals surface area contributed by atoms with E-state index in [0.29, 0.717) is 23.7 Å². The van der Waals surface area contributed by atoms with Crippen molar-refractivity contribution in [2.45, 2.75) is 33.6 Å². The van der Waals surface area contributed by atoms with Crippen LogP contribution in [0, 0.1) is 5.92 Å². The molecule has 0 aliphatic heterocycles. The fraction of sp³-hybridized carbons (Fsp3) is 0.500. The average molecular weight is 301 g/mol. The van der Waals surface area contributed by atoms with Gasteiger partial charge >= 0.3 is 0 Å². The molecule has 118 valence electrons. The quantitative estimate of drug-likeness (QED) is 0.788. The lowest BCUT2D eigenvalue weighted by Gasteiger charge is -2.26. The molecule has 0 radical (unpaired) electrons. The monoisotopic (exact) mass is 301 g/mol. The highest BCUT2D eigenvalue weighted by atomic mass is 16.2. The fourth-order valence-corrected chi connectivity index (χ4v) is 2.51. The lowest BCUT2D eigenvalue weighted by molar-refractivity contribution is 0.0735. The largest absolute Gasteiger partial charge is 0.339 e. The summed E-state index contributed by atoms with van der Waals surface area (Å²) in [5, 5.41) is 11.2. The van der Waals surface area contributed by atoms with Crippen LogP contribution < -0.4 is 0 Å². The van der Waals surface area contributed by atoms with E-state index in [-0.39, 0.29) is 5.91 Å². The van der Waals surface area contributed by atoms with Crippen molar-refractivity contribution in [1.82, 2.24) is 25.1 Å². The Hall–Kier alpha value is -2.24. The van der Waals surface area contributed by atoms with Gasteiger partial charge in [-0.1, -0.05) is 38.8 Å². The summed E-state index contributed by atoms with van der Waals surface area (Å²) in [7, 11) is 0. The topological polar surface area (TPSA) is 63.9 Å². The van der Waals surface area contributed by atoms with Gasteiger partial charge in [0.15, 0.2) is 0 Å². The Balaban J connectivity index is 2.28. The smallest absolute Gasteiger partial charge is 0.256 e. The molecule has 0 unspecified atom stereocenters. The first-order valence-electron chi connectivity index (χ1n) is 7.82. The van der Waals surface area contributed by atoms with Crippen LogP contribution in [0.4, 0.5) is 0 Å². The Kier molecular flexibility index (Phi) is 5.63. The van der Waals surface area contributed by atoms with Crippen molar-refractivity contribution in [2.75, 3.05) is 13.1 Å². The third-order valence-corrected chi connectivity index (χ3v) is 4.03. The summed E-state index contributed by atoms with van der Waals surface area (Å²) in [5.74, 6) is 0.560. The lowest BCUT2D eigenvalue weighted by atomic mass is 10.0. The predicted octanol–water partition coefficient (Wildman–Crippen LogP) is 2.56. The highest BCUT2D eigenvalue weighted by Gasteiger charge is 2.20. The SMILES string of the molecule is CCC(CC)CN(CC)C(=O)c1ccccc1-n1cnnn1. The van der Waals surface area contributed by atoms with Gasteiger partial charge in [-0.3, -0.25) is 4.79 Å². The highest BCUT2D eigenvalue weighted by molar-refractivity contribution is 5.97. The number of hydrogen-bond acceptors (Lipinski definition) is 4. The van der Waals surface area contributed by atoms with Gasteiger partial charge in [-0.05, 0) is 35.4 Å². The Bertz CT molecular complexity index is 592. The molecule has 0 aliphatic rings. The predicted molar refractivity (Wildman–Crippen MR) is 84.8 cm³/mol. The van der Waals surface area contributed by atoms with E-state index in [9.17, 15) is 4.79 Å². The number of para-hydroxylation sites is 1. The number of nitrogens with zero attached hydrogens (tertiary/aromatic N) is 5. The van der Waals surface area contributed by atoms with Crippen molar-refractivity contribution in [2.24, 2.45) is 5.92 Å². The summed E-state index contributed by atoms with van der Waals surface area (Å²) in [6.45, 7) is 7.83. The summed E-state index contributed by atoms with van der Waals surface area (Å²) in [5.41, 5.74) is 1.34. The zero-order chi connectivity index (χ0) is 15.9. The molecular weight excluding hydrogens is 278 g/mol. The number of tetrazole rings is 1. The summed E-state index contributed by atoms with van der Waals surface area (Å²) in [6.07, 6.45) is 3.66. The number of benzene rings is 1. The summed E-state index contributed by atoms with van der Waals surface area (Å²) in [6, 6.07) is 7.43. The molecule has 0 N–H and O–H groups in total. The van der Waals surface area contributed by atoms with Crippen molar-refractivity contribution in [3.05, 3.63) is 36.2 Å². The van der Waals surface area contributed by atoms with Crippen molar-refractivity contribution < 1.29 is 4.79 Å². The molecule has 2 rings (SSSR count). The average Bonchev–Trinajstić information content (AvgIpc) is 3.10. The summed E-state index contributed by atoms with van der Waals surface area (Å²) >= 11 is 0. The number of rotatable bonds is 7. The zero-order valence-corrected chi connectivity index (χ0v) is 13.4. The zero-order valence-electron chi connectivity index (χ0n) is 13.4. The van der Waals surface area contributed by atoms with Crippen molar-refractivity contribution >= 4 is 5.91 Å². The minimum atomic E-state index is 0.0282. The van der Waals surface area contributed by atoms with Crippen LogP contribution in [0.2, 0.25) is 0 Å². The minimum Gasteiger partial charge on any atom is -0.339 e. The van der Waals surface area contributed by atoms with Crippen LogP contribution >= 0.6 is 0 Å². The number of carbonyl (C=O) groups excluding carboxylic acids is 1. The number of aromatic nitrogens is 4. The highest BCUT2D eigenvalue weighted by Crippen LogP contribution is 2.17. The van der Waals surface area contributed by atoms with Gasteiger partial charge in [0.1, 0.15) is 6.33 Å². The molecule has 22 heavy (non-hydrogen) atoms. The molecule has 6 heteroatoms. The van der Waals surface area contributed by atoms with Gasteiger partial charge in [0, 0.05) is 13.1 Å². The van der Waals surface area contributed by atoms with Gasteiger partial charge in [0.05, 0.1) is 11.3 Å². The maximum absolute atomic E-state index is 12.9. The first kappa shape index (κ1) is 16.1. The molecule has 0 saturated heterocycles. The van der Waals surface area contributed by atoms with E-state index in [0.717, 1.165) is 19.4 Å². The first-order chi connectivity index (χ1) is 10.7. The Morgan fingerprint density at radius 3 is 2.55 bits per heavy atom. The van der Waals surface area contributed by atoms with Crippen LogP contribution in [0.1, 0.15) is 44.0 Å². The molecule has 0 atom stereocenters. The second kappa shape index (κ2) is 7.68.